The Bertz CT molecular complexity index is 1320. The van der Waals surface area contributed by atoms with Crippen LogP contribution in [0.3, 0.4) is 0 Å². The maximum Gasteiger partial charge on any atom is 0.281 e. The van der Waals surface area contributed by atoms with Gasteiger partial charge in [0.05, 0.1) is 16.9 Å². The summed E-state index contributed by atoms with van der Waals surface area (Å²) in [6.45, 7) is 0.558. The van der Waals surface area contributed by atoms with E-state index in [0.717, 1.165) is 34.6 Å². The highest BCUT2D eigenvalue weighted by molar-refractivity contribution is 5.96. The molecule has 6 nitrogen and oxygen atoms in total. The molecule has 1 N–H and O–H groups in total. The van der Waals surface area contributed by atoms with Gasteiger partial charge in [-0.25, -0.2) is 9.67 Å². The number of nitrogens with zero attached hydrogens (tertiary/aromatic N) is 4. The lowest BCUT2D eigenvalue weighted by Crippen LogP contribution is -2.26. The summed E-state index contributed by atoms with van der Waals surface area (Å²) in [6, 6.07) is 23.6. The highest BCUT2D eigenvalue weighted by Crippen LogP contribution is 2.26. The van der Waals surface area contributed by atoms with E-state index >= 15 is 0 Å². The Labute approximate surface area is 179 Å². The number of para-hydroxylation sites is 1. The van der Waals surface area contributed by atoms with Crippen molar-refractivity contribution >= 4 is 17.7 Å². The van der Waals surface area contributed by atoms with Crippen molar-refractivity contribution in [2.75, 3.05) is 6.54 Å². The number of pyridine rings is 1. The van der Waals surface area contributed by atoms with Gasteiger partial charge in [0.25, 0.3) is 5.56 Å². The highest BCUT2D eigenvalue weighted by Gasteiger charge is 2.21. The van der Waals surface area contributed by atoms with E-state index in [1.54, 1.807) is 17.1 Å². The van der Waals surface area contributed by atoms with Crippen molar-refractivity contribution in [2.24, 2.45) is 9.98 Å². The Balaban J connectivity index is 1.48. The third-order valence-electron chi connectivity index (χ3n) is 5.28. The summed E-state index contributed by atoms with van der Waals surface area (Å²) in [4.78, 5) is 26.8. The average Bonchev–Trinajstić information content (AvgIpc) is 3.39. The minimum Gasteiger partial charge on any atom is -0.292 e. The quantitative estimate of drug-likeness (QED) is 0.507. The van der Waals surface area contributed by atoms with E-state index in [4.69, 9.17) is 0 Å². The third-order valence-corrected chi connectivity index (χ3v) is 5.28. The minimum atomic E-state index is -0.146. The van der Waals surface area contributed by atoms with Gasteiger partial charge in [-0.05, 0) is 23.8 Å². The number of aromatic amines is 1. The van der Waals surface area contributed by atoms with Crippen LogP contribution in [0.15, 0.2) is 93.8 Å². The molecule has 0 amide bonds. The summed E-state index contributed by atoms with van der Waals surface area (Å²) >= 11 is 0. The number of hydrogen-bond donors (Lipinski definition) is 1. The smallest absolute Gasteiger partial charge is 0.281 e. The van der Waals surface area contributed by atoms with Crippen molar-refractivity contribution in [2.45, 2.75) is 12.8 Å². The fourth-order valence-corrected chi connectivity index (χ4v) is 3.70. The monoisotopic (exact) mass is 407 g/mol. The van der Waals surface area contributed by atoms with Crippen LogP contribution in [0.2, 0.25) is 0 Å². The molecule has 0 radical (unpaired) electrons. The van der Waals surface area contributed by atoms with Crippen LogP contribution in [-0.4, -0.2) is 33.4 Å². The van der Waals surface area contributed by atoms with Gasteiger partial charge in [0.15, 0.2) is 0 Å². The Morgan fingerprint density at radius 2 is 1.81 bits per heavy atom. The normalized spacial score (nSPS) is 12.8. The fourth-order valence-electron chi connectivity index (χ4n) is 3.70. The van der Waals surface area contributed by atoms with Crippen molar-refractivity contribution < 1.29 is 0 Å². The van der Waals surface area contributed by atoms with Crippen LogP contribution in [0.1, 0.15) is 16.8 Å². The van der Waals surface area contributed by atoms with E-state index in [9.17, 15) is 4.79 Å². The van der Waals surface area contributed by atoms with Gasteiger partial charge in [0, 0.05) is 43.1 Å². The van der Waals surface area contributed by atoms with Crippen molar-refractivity contribution in [3.8, 4) is 11.3 Å². The molecule has 0 atom stereocenters. The number of H-pyrrole nitrogens is 1. The molecule has 0 saturated carbocycles. The van der Waals surface area contributed by atoms with Crippen LogP contribution in [0.4, 0.5) is 5.69 Å². The molecule has 0 unspecified atom stereocenters. The number of aliphatic imine (C=N–C) groups is 2. The molecule has 152 valence electrons. The number of nitrogens with one attached hydrogen (secondary N) is 1. The molecular formula is C25H21N5O. The Kier molecular flexibility index (Phi) is 5.10. The van der Waals surface area contributed by atoms with Gasteiger partial charge < -0.3 is 0 Å². The van der Waals surface area contributed by atoms with Gasteiger partial charge in [-0.15, -0.1) is 0 Å². The molecule has 4 aromatic rings. The van der Waals surface area contributed by atoms with E-state index in [1.165, 1.54) is 0 Å². The van der Waals surface area contributed by atoms with E-state index in [2.05, 4.69) is 20.1 Å². The van der Waals surface area contributed by atoms with Gasteiger partial charge in [0.2, 0.25) is 0 Å². The van der Waals surface area contributed by atoms with Crippen LogP contribution >= 0.6 is 0 Å². The number of aromatic nitrogens is 3. The number of hydrogen-bond acceptors (Lipinski definition) is 4. The fraction of sp³-hybridized carbons (Fsp3) is 0.120. The van der Waals surface area contributed by atoms with Gasteiger partial charge in [-0.1, -0.05) is 54.6 Å². The standard InChI is InChI=1S/C25H21N5O/c31-25-21(17-26-15-13-20-11-6-7-14-27-20)24(18-8-2-1-3-9-18)29-30(25)23-16-19-10-4-5-12-22(19)28-23/h1-12,14,17,29H,13,15-16H2. The van der Waals surface area contributed by atoms with Crippen LogP contribution in [0, 0.1) is 0 Å². The summed E-state index contributed by atoms with van der Waals surface area (Å²) in [5.41, 5.74) is 5.06. The summed E-state index contributed by atoms with van der Waals surface area (Å²) in [6.07, 6.45) is 4.78. The SMILES string of the molecule is O=c1c(C=NCCc2ccccn2)c(-c2ccccc2)[nH]n1C1=Nc2ccccc2C1. The predicted molar refractivity (Wildman–Crippen MR) is 124 cm³/mol. The lowest BCUT2D eigenvalue weighted by molar-refractivity contribution is 0.890. The Morgan fingerprint density at radius 1 is 1.00 bits per heavy atom. The minimum absolute atomic E-state index is 0.146. The summed E-state index contributed by atoms with van der Waals surface area (Å²) in [5, 5.41) is 3.27. The molecular weight excluding hydrogens is 386 g/mol. The molecule has 5 rings (SSSR count). The maximum absolute atomic E-state index is 13.3. The molecule has 0 bridgehead atoms. The Hall–Kier alpha value is -4.06. The van der Waals surface area contributed by atoms with E-state index in [-0.39, 0.29) is 5.56 Å². The summed E-state index contributed by atoms with van der Waals surface area (Å²) in [5.74, 6) is 0.691. The van der Waals surface area contributed by atoms with Gasteiger partial charge >= 0.3 is 0 Å². The largest absolute Gasteiger partial charge is 0.292 e. The third kappa shape index (κ3) is 3.88. The molecule has 0 spiro atoms. The number of fused-ring (bicyclic) bond motifs is 1. The lowest BCUT2D eigenvalue weighted by atomic mass is 10.1. The molecule has 1 aliphatic rings. The molecule has 2 aromatic carbocycles. The number of benzene rings is 2. The van der Waals surface area contributed by atoms with Crippen LogP contribution in [0.5, 0.6) is 0 Å². The molecule has 31 heavy (non-hydrogen) atoms. The van der Waals surface area contributed by atoms with Crippen molar-refractivity contribution in [1.29, 1.82) is 0 Å². The molecule has 6 heteroatoms. The van der Waals surface area contributed by atoms with Crippen molar-refractivity contribution in [1.82, 2.24) is 14.8 Å². The zero-order chi connectivity index (χ0) is 21.0. The topological polar surface area (TPSA) is 75.4 Å². The number of rotatable bonds is 5. The predicted octanol–water partition coefficient (Wildman–Crippen LogP) is 4.03. The second kappa shape index (κ2) is 8.36. The van der Waals surface area contributed by atoms with Crippen molar-refractivity contribution in [3.05, 3.63) is 106 Å². The molecule has 0 fully saturated rings. The first kappa shape index (κ1) is 18.9. The first-order valence-electron chi connectivity index (χ1n) is 10.3. The van der Waals surface area contributed by atoms with Crippen LogP contribution in [0.25, 0.3) is 11.3 Å². The van der Waals surface area contributed by atoms with Crippen LogP contribution < -0.4 is 5.56 Å². The van der Waals surface area contributed by atoms with E-state index in [0.29, 0.717) is 24.4 Å². The van der Waals surface area contributed by atoms with E-state index in [1.807, 2.05) is 72.8 Å². The van der Waals surface area contributed by atoms with Gasteiger partial charge in [0.1, 0.15) is 5.84 Å². The molecule has 0 saturated heterocycles. The lowest BCUT2D eigenvalue weighted by Gasteiger charge is -2.01. The molecule has 3 heterocycles. The van der Waals surface area contributed by atoms with E-state index < -0.39 is 0 Å². The summed E-state index contributed by atoms with van der Waals surface area (Å²) in [7, 11) is 0. The maximum atomic E-state index is 13.3. The zero-order valence-electron chi connectivity index (χ0n) is 16.9. The molecule has 2 aromatic heterocycles. The van der Waals surface area contributed by atoms with Crippen molar-refractivity contribution in [3.63, 3.8) is 0 Å². The molecule has 0 aliphatic carbocycles. The second-order valence-corrected chi connectivity index (χ2v) is 7.35. The van der Waals surface area contributed by atoms with Gasteiger partial charge in [-0.3, -0.25) is 19.9 Å². The highest BCUT2D eigenvalue weighted by atomic mass is 16.1. The first-order chi connectivity index (χ1) is 15.3. The first-order valence-corrected chi connectivity index (χ1v) is 10.3. The average molecular weight is 407 g/mol. The molecule has 1 aliphatic heterocycles. The zero-order valence-corrected chi connectivity index (χ0v) is 16.9. The Morgan fingerprint density at radius 3 is 2.61 bits per heavy atom. The second-order valence-electron chi connectivity index (χ2n) is 7.35. The summed E-state index contributed by atoms with van der Waals surface area (Å²) < 4.78 is 1.54. The van der Waals surface area contributed by atoms with Gasteiger partial charge in [-0.2, -0.15) is 0 Å². The van der Waals surface area contributed by atoms with Crippen LogP contribution in [-0.2, 0) is 12.8 Å².